The maximum absolute atomic E-state index is 11.5. The number of benzene rings is 1. The van der Waals surface area contributed by atoms with Crippen LogP contribution in [-0.2, 0) is 4.79 Å². The Morgan fingerprint density at radius 3 is 2.57 bits per heavy atom. The topological polar surface area (TPSA) is 86.5 Å². The van der Waals surface area contributed by atoms with Crippen LogP contribution in [0.2, 0.25) is 0 Å². The number of nitrogens with one attached hydrogen (secondary N) is 1. The van der Waals surface area contributed by atoms with E-state index in [-0.39, 0.29) is 11.9 Å². The zero-order chi connectivity index (χ0) is 16.7. The van der Waals surface area contributed by atoms with Gasteiger partial charge in [0.15, 0.2) is 11.5 Å². The molecule has 0 radical (unpaired) electrons. The van der Waals surface area contributed by atoms with E-state index in [1.54, 1.807) is 18.2 Å². The molecule has 1 amide bonds. The predicted molar refractivity (Wildman–Crippen MR) is 85.6 cm³/mol. The molecule has 1 aromatic heterocycles. The van der Waals surface area contributed by atoms with E-state index >= 15 is 0 Å². The molecule has 1 aromatic carbocycles. The summed E-state index contributed by atoms with van der Waals surface area (Å²) in [6, 6.07) is 5.46. The maximum Gasteiger partial charge on any atom is 0.322 e. The number of nitrogens with zero attached hydrogens (tertiary/aromatic N) is 2. The Kier molecular flexibility index (Phi) is 5.96. The van der Waals surface area contributed by atoms with E-state index < -0.39 is 0 Å². The fourth-order valence-electron chi connectivity index (χ4n) is 1.98. The molecule has 7 nitrogen and oxygen atoms in total. The second-order valence-corrected chi connectivity index (χ2v) is 4.74. The van der Waals surface area contributed by atoms with Crippen LogP contribution in [0.25, 0.3) is 11.5 Å². The average molecular weight is 319 g/mol. The molecule has 2 aromatic rings. The standard InChI is InChI=1S/C16H21N3O4/c1-4-7-14(20)17-16-19-18-15(23-16)11-8-9-12(21-5-2)13(10-11)22-6-3/h8-10H,4-7H2,1-3H3,(H,17,19,20). The molecule has 0 saturated heterocycles. The molecule has 0 bridgehead atoms. The summed E-state index contributed by atoms with van der Waals surface area (Å²) in [5.74, 6) is 1.43. The van der Waals surface area contributed by atoms with Crippen LogP contribution in [0, 0.1) is 0 Å². The van der Waals surface area contributed by atoms with Crippen molar-refractivity contribution < 1.29 is 18.7 Å². The smallest absolute Gasteiger partial charge is 0.322 e. The van der Waals surface area contributed by atoms with Gasteiger partial charge in [0.25, 0.3) is 0 Å². The first kappa shape index (κ1) is 16.8. The summed E-state index contributed by atoms with van der Waals surface area (Å²) in [7, 11) is 0. The van der Waals surface area contributed by atoms with E-state index in [1.165, 1.54) is 0 Å². The molecule has 1 N–H and O–H groups in total. The quantitative estimate of drug-likeness (QED) is 0.803. The third-order valence-corrected chi connectivity index (χ3v) is 2.94. The van der Waals surface area contributed by atoms with Crippen molar-refractivity contribution in [2.75, 3.05) is 18.5 Å². The molecule has 0 fully saturated rings. The highest BCUT2D eigenvalue weighted by molar-refractivity contribution is 5.88. The van der Waals surface area contributed by atoms with E-state index in [1.807, 2.05) is 20.8 Å². The Morgan fingerprint density at radius 1 is 1.13 bits per heavy atom. The molecule has 0 aliphatic carbocycles. The van der Waals surface area contributed by atoms with E-state index in [0.717, 1.165) is 6.42 Å². The van der Waals surface area contributed by atoms with Crippen molar-refractivity contribution in [3.8, 4) is 23.0 Å². The van der Waals surface area contributed by atoms with Crippen molar-refractivity contribution in [2.45, 2.75) is 33.6 Å². The Morgan fingerprint density at radius 2 is 1.87 bits per heavy atom. The number of carbonyl (C=O) groups is 1. The Bertz CT molecular complexity index is 655. The SMILES string of the molecule is CCCC(=O)Nc1nnc(-c2ccc(OCC)c(OCC)c2)o1. The van der Waals surface area contributed by atoms with Crippen LogP contribution >= 0.6 is 0 Å². The van der Waals surface area contributed by atoms with Gasteiger partial charge in [0, 0.05) is 12.0 Å². The van der Waals surface area contributed by atoms with E-state index in [0.29, 0.717) is 42.6 Å². The second kappa shape index (κ2) is 8.17. The third kappa shape index (κ3) is 4.45. The van der Waals surface area contributed by atoms with Crippen LogP contribution in [0.4, 0.5) is 6.01 Å². The predicted octanol–water partition coefficient (Wildman–Crippen LogP) is 3.27. The summed E-state index contributed by atoms with van der Waals surface area (Å²) in [5.41, 5.74) is 0.695. The Balaban J connectivity index is 2.19. The molecular formula is C16H21N3O4. The van der Waals surface area contributed by atoms with Gasteiger partial charge in [-0.1, -0.05) is 12.0 Å². The maximum atomic E-state index is 11.5. The minimum absolute atomic E-state index is 0.0882. The van der Waals surface area contributed by atoms with Gasteiger partial charge in [0.1, 0.15) is 0 Å². The first-order valence-corrected chi connectivity index (χ1v) is 7.71. The van der Waals surface area contributed by atoms with Crippen molar-refractivity contribution in [3.63, 3.8) is 0 Å². The van der Waals surface area contributed by atoms with E-state index in [4.69, 9.17) is 13.9 Å². The molecule has 1 heterocycles. The normalized spacial score (nSPS) is 10.4. The number of hydrogen-bond acceptors (Lipinski definition) is 6. The highest BCUT2D eigenvalue weighted by Gasteiger charge is 2.14. The number of rotatable bonds is 8. The van der Waals surface area contributed by atoms with Gasteiger partial charge in [-0.25, -0.2) is 0 Å². The van der Waals surface area contributed by atoms with Crippen LogP contribution in [0.15, 0.2) is 22.6 Å². The molecular weight excluding hydrogens is 298 g/mol. The van der Waals surface area contributed by atoms with E-state index in [2.05, 4.69) is 15.5 Å². The van der Waals surface area contributed by atoms with Gasteiger partial charge in [-0.3, -0.25) is 10.1 Å². The lowest BCUT2D eigenvalue weighted by Crippen LogP contribution is -2.10. The minimum atomic E-state index is -0.149. The highest BCUT2D eigenvalue weighted by Crippen LogP contribution is 2.32. The number of anilines is 1. The van der Waals surface area contributed by atoms with Crippen molar-refractivity contribution in [3.05, 3.63) is 18.2 Å². The Hall–Kier alpha value is -2.57. The summed E-state index contributed by atoms with van der Waals surface area (Å²) in [6.45, 7) is 6.80. The van der Waals surface area contributed by atoms with Gasteiger partial charge in [0.05, 0.1) is 13.2 Å². The van der Waals surface area contributed by atoms with Gasteiger partial charge in [-0.2, -0.15) is 0 Å². The molecule has 2 rings (SSSR count). The van der Waals surface area contributed by atoms with Crippen LogP contribution in [0.1, 0.15) is 33.6 Å². The first-order valence-electron chi connectivity index (χ1n) is 7.71. The van der Waals surface area contributed by atoms with Crippen molar-refractivity contribution in [2.24, 2.45) is 0 Å². The summed E-state index contributed by atoms with van der Waals surface area (Å²) in [4.78, 5) is 11.5. The van der Waals surface area contributed by atoms with E-state index in [9.17, 15) is 4.79 Å². The summed E-state index contributed by atoms with van der Waals surface area (Å²) in [5, 5.41) is 10.3. The zero-order valence-corrected chi connectivity index (χ0v) is 13.6. The van der Waals surface area contributed by atoms with Crippen molar-refractivity contribution in [1.29, 1.82) is 0 Å². The van der Waals surface area contributed by atoms with Gasteiger partial charge >= 0.3 is 6.01 Å². The lowest BCUT2D eigenvalue weighted by atomic mass is 10.2. The molecule has 0 unspecified atom stereocenters. The number of hydrogen-bond donors (Lipinski definition) is 1. The molecule has 0 atom stereocenters. The molecule has 124 valence electrons. The number of carbonyl (C=O) groups excluding carboxylic acids is 1. The summed E-state index contributed by atoms with van der Waals surface area (Å²) >= 11 is 0. The van der Waals surface area contributed by atoms with Gasteiger partial charge < -0.3 is 13.9 Å². The van der Waals surface area contributed by atoms with Gasteiger partial charge in [-0.15, -0.1) is 5.10 Å². The zero-order valence-electron chi connectivity index (χ0n) is 13.6. The Labute approximate surface area is 135 Å². The largest absolute Gasteiger partial charge is 0.490 e. The summed E-state index contributed by atoms with van der Waals surface area (Å²) < 4.78 is 16.6. The minimum Gasteiger partial charge on any atom is -0.490 e. The van der Waals surface area contributed by atoms with Crippen LogP contribution in [0.5, 0.6) is 11.5 Å². The monoisotopic (exact) mass is 319 g/mol. The fraction of sp³-hybridized carbons (Fsp3) is 0.438. The van der Waals surface area contributed by atoms with Crippen molar-refractivity contribution >= 4 is 11.9 Å². The van der Waals surface area contributed by atoms with Crippen LogP contribution in [0.3, 0.4) is 0 Å². The second-order valence-electron chi connectivity index (χ2n) is 4.74. The average Bonchev–Trinajstić information content (AvgIpc) is 2.98. The summed E-state index contributed by atoms with van der Waals surface area (Å²) in [6.07, 6.45) is 1.17. The van der Waals surface area contributed by atoms with Crippen LogP contribution < -0.4 is 14.8 Å². The van der Waals surface area contributed by atoms with Gasteiger partial charge in [-0.05, 0) is 38.5 Å². The number of ether oxygens (including phenoxy) is 2. The third-order valence-electron chi connectivity index (χ3n) is 2.94. The molecule has 0 spiro atoms. The first-order chi connectivity index (χ1) is 11.2. The lowest BCUT2D eigenvalue weighted by molar-refractivity contribution is -0.116. The number of aromatic nitrogens is 2. The lowest BCUT2D eigenvalue weighted by Gasteiger charge is -2.11. The molecule has 0 aliphatic rings. The number of amides is 1. The molecule has 0 aliphatic heterocycles. The molecule has 23 heavy (non-hydrogen) atoms. The van der Waals surface area contributed by atoms with Crippen molar-refractivity contribution in [1.82, 2.24) is 10.2 Å². The molecule has 0 saturated carbocycles. The highest BCUT2D eigenvalue weighted by atomic mass is 16.5. The van der Waals surface area contributed by atoms with Gasteiger partial charge in [0.2, 0.25) is 11.8 Å². The van der Waals surface area contributed by atoms with Crippen LogP contribution in [-0.4, -0.2) is 29.3 Å². The fourth-order valence-corrected chi connectivity index (χ4v) is 1.98. The molecule has 7 heteroatoms.